The minimum Gasteiger partial charge on any atom is -0.329 e. The van der Waals surface area contributed by atoms with Crippen LogP contribution in [0.25, 0.3) is 0 Å². The first-order chi connectivity index (χ1) is 7.16. The van der Waals surface area contributed by atoms with Crippen LogP contribution in [-0.4, -0.2) is 29.0 Å². The molecule has 1 rings (SSSR count). The van der Waals surface area contributed by atoms with Gasteiger partial charge in [-0.05, 0) is 32.9 Å². The van der Waals surface area contributed by atoms with Crippen LogP contribution in [0.5, 0.6) is 0 Å². The quantitative estimate of drug-likeness (QED) is 0.800. The van der Waals surface area contributed by atoms with E-state index in [1.165, 1.54) is 0 Å². The number of pyridine rings is 1. The number of nitrogens with zero attached hydrogens (tertiary/aromatic N) is 2. The van der Waals surface area contributed by atoms with E-state index in [9.17, 15) is 0 Å². The standard InChI is InChI=1S/C12H21N3/c1-10(2)15(9-7-13)11(3)12-6-4-5-8-14-12/h4-6,8,10-11H,7,9,13H2,1-3H3. The van der Waals surface area contributed by atoms with Gasteiger partial charge in [-0.15, -0.1) is 0 Å². The molecule has 0 amide bonds. The summed E-state index contributed by atoms with van der Waals surface area (Å²) in [5, 5.41) is 0. The van der Waals surface area contributed by atoms with Crippen LogP contribution in [0.2, 0.25) is 0 Å². The maximum absolute atomic E-state index is 5.62. The molecule has 0 radical (unpaired) electrons. The van der Waals surface area contributed by atoms with Gasteiger partial charge in [-0.25, -0.2) is 0 Å². The minimum atomic E-state index is 0.328. The second kappa shape index (κ2) is 5.83. The first-order valence-electron chi connectivity index (χ1n) is 5.53. The number of hydrogen-bond acceptors (Lipinski definition) is 3. The highest BCUT2D eigenvalue weighted by molar-refractivity contribution is 5.08. The van der Waals surface area contributed by atoms with Gasteiger partial charge in [0.25, 0.3) is 0 Å². The van der Waals surface area contributed by atoms with E-state index < -0.39 is 0 Å². The maximum Gasteiger partial charge on any atom is 0.0572 e. The van der Waals surface area contributed by atoms with E-state index >= 15 is 0 Å². The van der Waals surface area contributed by atoms with Crippen LogP contribution < -0.4 is 5.73 Å². The Bertz CT molecular complexity index is 271. The largest absolute Gasteiger partial charge is 0.329 e. The average molecular weight is 207 g/mol. The zero-order valence-electron chi connectivity index (χ0n) is 9.85. The molecule has 1 aromatic heterocycles. The van der Waals surface area contributed by atoms with Crippen molar-refractivity contribution in [3.05, 3.63) is 30.1 Å². The van der Waals surface area contributed by atoms with Crippen LogP contribution in [0.4, 0.5) is 0 Å². The smallest absolute Gasteiger partial charge is 0.0572 e. The SMILES string of the molecule is CC(C)N(CCN)C(C)c1ccccn1. The third-order valence-corrected chi connectivity index (χ3v) is 2.66. The molecule has 0 saturated heterocycles. The van der Waals surface area contributed by atoms with Crippen molar-refractivity contribution < 1.29 is 0 Å². The summed E-state index contributed by atoms with van der Waals surface area (Å²) in [7, 11) is 0. The van der Waals surface area contributed by atoms with Gasteiger partial charge in [-0.2, -0.15) is 0 Å². The fourth-order valence-corrected chi connectivity index (χ4v) is 1.84. The molecule has 2 N–H and O–H groups in total. The second-order valence-electron chi connectivity index (χ2n) is 4.05. The Kier molecular flexibility index (Phi) is 4.72. The van der Waals surface area contributed by atoms with Crippen LogP contribution in [0.15, 0.2) is 24.4 Å². The van der Waals surface area contributed by atoms with E-state index in [-0.39, 0.29) is 0 Å². The summed E-state index contributed by atoms with van der Waals surface area (Å²) in [6, 6.07) is 6.86. The molecule has 3 heteroatoms. The normalized spacial score (nSPS) is 13.5. The van der Waals surface area contributed by atoms with Crippen molar-refractivity contribution in [1.29, 1.82) is 0 Å². The van der Waals surface area contributed by atoms with E-state index in [0.29, 0.717) is 18.6 Å². The number of nitrogens with two attached hydrogens (primary N) is 1. The Balaban J connectivity index is 2.76. The lowest BCUT2D eigenvalue weighted by Crippen LogP contribution is -2.37. The zero-order valence-corrected chi connectivity index (χ0v) is 9.85. The van der Waals surface area contributed by atoms with E-state index in [0.717, 1.165) is 12.2 Å². The van der Waals surface area contributed by atoms with E-state index in [2.05, 4.69) is 36.7 Å². The molecule has 0 aliphatic carbocycles. The van der Waals surface area contributed by atoms with Gasteiger partial charge in [0.15, 0.2) is 0 Å². The molecule has 15 heavy (non-hydrogen) atoms. The maximum atomic E-state index is 5.62. The third-order valence-electron chi connectivity index (χ3n) is 2.66. The lowest BCUT2D eigenvalue weighted by molar-refractivity contribution is 0.167. The zero-order chi connectivity index (χ0) is 11.3. The molecule has 1 atom stereocenters. The van der Waals surface area contributed by atoms with Gasteiger partial charge in [0.1, 0.15) is 0 Å². The van der Waals surface area contributed by atoms with Crippen LogP contribution in [0.1, 0.15) is 32.5 Å². The third kappa shape index (κ3) is 3.29. The van der Waals surface area contributed by atoms with Gasteiger partial charge in [0.2, 0.25) is 0 Å². The van der Waals surface area contributed by atoms with Crippen molar-refractivity contribution in [2.24, 2.45) is 5.73 Å². The lowest BCUT2D eigenvalue weighted by atomic mass is 10.1. The Morgan fingerprint density at radius 2 is 2.07 bits per heavy atom. The summed E-state index contributed by atoms with van der Waals surface area (Å²) in [5.74, 6) is 0. The van der Waals surface area contributed by atoms with Crippen molar-refractivity contribution in [1.82, 2.24) is 9.88 Å². The molecule has 1 aromatic rings. The molecule has 0 aliphatic rings. The monoisotopic (exact) mass is 207 g/mol. The van der Waals surface area contributed by atoms with Crippen molar-refractivity contribution in [2.75, 3.05) is 13.1 Å². The summed E-state index contributed by atoms with van der Waals surface area (Å²) in [6.07, 6.45) is 1.84. The van der Waals surface area contributed by atoms with Crippen molar-refractivity contribution in [2.45, 2.75) is 32.9 Å². The first kappa shape index (κ1) is 12.1. The van der Waals surface area contributed by atoms with Gasteiger partial charge >= 0.3 is 0 Å². The summed E-state index contributed by atoms with van der Waals surface area (Å²) >= 11 is 0. The Labute approximate surface area is 92.3 Å². The van der Waals surface area contributed by atoms with Crippen LogP contribution in [0.3, 0.4) is 0 Å². The Morgan fingerprint density at radius 1 is 1.33 bits per heavy atom. The molecule has 84 valence electrons. The molecular formula is C12H21N3. The summed E-state index contributed by atoms with van der Waals surface area (Å²) in [5.41, 5.74) is 6.73. The summed E-state index contributed by atoms with van der Waals surface area (Å²) in [4.78, 5) is 6.75. The topological polar surface area (TPSA) is 42.1 Å². The van der Waals surface area contributed by atoms with Crippen LogP contribution >= 0.6 is 0 Å². The minimum absolute atomic E-state index is 0.328. The van der Waals surface area contributed by atoms with Gasteiger partial charge in [0.05, 0.1) is 5.69 Å². The molecule has 0 fully saturated rings. The molecular weight excluding hydrogens is 186 g/mol. The molecule has 1 heterocycles. The van der Waals surface area contributed by atoms with Gasteiger partial charge < -0.3 is 5.73 Å². The molecule has 0 aromatic carbocycles. The first-order valence-corrected chi connectivity index (χ1v) is 5.53. The lowest BCUT2D eigenvalue weighted by Gasteiger charge is -2.31. The fourth-order valence-electron chi connectivity index (χ4n) is 1.84. The summed E-state index contributed by atoms with van der Waals surface area (Å²) in [6.45, 7) is 8.16. The van der Waals surface area contributed by atoms with Gasteiger partial charge in [0, 0.05) is 31.4 Å². The highest BCUT2D eigenvalue weighted by atomic mass is 15.2. The number of rotatable bonds is 5. The summed E-state index contributed by atoms with van der Waals surface area (Å²) < 4.78 is 0. The van der Waals surface area contributed by atoms with Gasteiger partial charge in [-0.3, -0.25) is 9.88 Å². The highest BCUT2D eigenvalue weighted by Gasteiger charge is 2.18. The van der Waals surface area contributed by atoms with Crippen molar-refractivity contribution in [3.63, 3.8) is 0 Å². The van der Waals surface area contributed by atoms with E-state index in [1.54, 1.807) is 0 Å². The predicted molar refractivity (Wildman–Crippen MR) is 63.5 cm³/mol. The van der Waals surface area contributed by atoms with E-state index in [4.69, 9.17) is 5.73 Å². The molecule has 0 spiro atoms. The second-order valence-corrected chi connectivity index (χ2v) is 4.05. The van der Waals surface area contributed by atoms with Crippen LogP contribution in [0, 0.1) is 0 Å². The highest BCUT2D eigenvalue weighted by Crippen LogP contribution is 2.19. The fraction of sp³-hybridized carbons (Fsp3) is 0.583. The van der Waals surface area contributed by atoms with E-state index in [1.807, 2.05) is 18.3 Å². The molecule has 0 bridgehead atoms. The molecule has 0 aliphatic heterocycles. The van der Waals surface area contributed by atoms with Crippen molar-refractivity contribution in [3.8, 4) is 0 Å². The number of aromatic nitrogens is 1. The number of hydrogen-bond donors (Lipinski definition) is 1. The van der Waals surface area contributed by atoms with Gasteiger partial charge in [-0.1, -0.05) is 6.07 Å². The predicted octanol–water partition coefficient (Wildman–Crippen LogP) is 1.81. The molecule has 1 unspecified atom stereocenters. The molecule has 0 saturated carbocycles. The Hall–Kier alpha value is -0.930. The van der Waals surface area contributed by atoms with Crippen molar-refractivity contribution >= 4 is 0 Å². The average Bonchev–Trinajstić information content (AvgIpc) is 2.26. The van der Waals surface area contributed by atoms with Crippen LogP contribution in [-0.2, 0) is 0 Å². The Morgan fingerprint density at radius 3 is 2.53 bits per heavy atom. The molecule has 3 nitrogen and oxygen atoms in total.